The van der Waals surface area contributed by atoms with Crippen LogP contribution in [0.1, 0.15) is 5.56 Å². The van der Waals surface area contributed by atoms with Gasteiger partial charge in [0, 0.05) is 7.05 Å². The second-order valence-electron chi connectivity index (χ2n) is 2.79. The van der Waals surface area contributed by atoms with Crippen LogP contribution in [0.25, 0.3) is 0 Å². The lowest BCUT2D eigenvalue weighted by atomic mass is 10.2. The number of hydrogen-bond donors (Lipinski definition) is 0. The lowest BCUT2D eigenvalue weighted by Crippen LogP contribution is -2.23. The molecule has 0 aliphatic carbocycles. The maximum atomic E-state index is 12.5. The van der Waals surface area contributed by atoms with Crippen LogP contribution in [-0.2, 0) is 9.73 Å². The van der Waals surface area contributed by atoms with Gasteiger partial charge in [-0.1, -0.05) is 0 Å². The highest BCUT2D eigenvalue weighted by Crippen LogP contribution is 2.32. The van der Waals surface area contributed by atoms with Crippen LogP contribution in [0.5, 0.6) is 0 Å². The summed E-state index contributed by atoms with van der Waals surface area (Å²) in [5.74, 6) is 0. The number of benzene rings is 1. The monoisotopic (exact) mass is 248 g/mol. The molecular weight excluding hydrogens is 241 g/mol. The average molecular weight is 248 g/mol. The molecule has 0 amide bonds. The van der Waals surface area contributed by atoms with E-state index in [1.807, 2.05) is 0 Å². The van der Waals surface area contributed by atoms with Gasteiger partial charge in [-0.2, -0.15) is 18.4 Å². The van der Waals surface area contributed by atoms with Crippen LogP contribution in [0.2, 0.25) is 0 Å². The fourth-order valence-corrected chi connectivity index (χ4v) is 2.25. The number of rotatable bonds is 1. The van der Waals surface area contributed by atoms with Gasteiger partial charge in [-0.15, -0.1) is 0 Å². The fourth-order valence-electron chi connectivity index (χ4n) is 1.06. The summed E-state index contributed by atoms with van der Waals surface area (Å²) in [7, 11) is -3.58. The van der Waals surface area contributed by atoms with Crippen molar-refractivity contribution in [3.63, 3.8) is 0 Å². The van der Waals surface area contributed by atoms with Crippen molar-refractivity contribution in [3.05, 3.63) is 29.8 Å². The molecule has 0 spiro atoms. The Hall–Kier alpha value is -1.55. The topological polar surface area (TPSA) is 53.2 Å². The van der Waals surface area contributed by atoms with Gasteiger partial charge in [0.15, 0.2) is 9.73 Å². The Morgan fingerprint density at radius 2 is 1.81 bits per heavy atom. The standard InChI is InChI=1S/C9H7F3N2OS/c1-14-16(15,9(10,11)12)8-4-2-7(6-13)3-5-8/h2-5H,1H3/t16-/m0/s1. The van der Waals surface area contributed by atoms with Gasteiger partial charge in [0.1, 0.15) is 0 Å². The van der Waals surface area contributed by atoms with E-state index in [9.17, 15) is 17.4 Å². The van der Waals surface area contributed by atoms with Gasteiger partial charge < -0.3 is 0 Å². The van der Waals surface area contributed by atoms with Gasteiger partial charge in [-0.3, -0.25) is 0 Å². The van der Waals surface area contributed by atoms with Crippen LogP contribution in [0.15, 0.2) is 33.5 Å². The van der Waals surface area contributed by atoms with Crippen LogP contribution >= 0.6 is 0 Å². The van der Waals surface area contributed by atoms with E-state index in [2.05, 4.69) is 4.36 Å². The zero-order valence-corrected chi connectivity index (χ0v) is 8.97. The van der Waals surface area contributed by atoms with Gasteiger partial charge in [-0.05, 0) is 24.3 Å². The van der Waals surface area contributed by atoms with E-state index in [1.54, 1.807) is 6.07 Å². The van der Waals surface area contributed by atoms with E-state index < -0.39 is 20.1 Å². The molecule has 1 aromatic rings. The predicted molar refractivity (Wildman–Crippen MR) is 52.0 cm³/mol. The number of halogens is 3. The number of alkyl halides is 3. The summed E-state index contributed by atoms with van der Waals surface area (Å²) >= 11 is 0. The Kier molecular flexibility index (Phi) is 3.24. The molecule has 0 N–H and O–H groups in total. The van der Waals surface area contributed by atoms with Crippen molar-refractivity contribution < 1.29 is 17.4 Å². The minimum Gasteiger partial charge on any atom is -0.236 e. The Morgan fingerprint density at radius 1 is 1.31 bits per heavy atom. The first-order valence-corrected chi connectivity index (χ1v) is 5.58. The molecule has 7 heteroatoms. The van der Waals surface area contributed by atoms with E-state index >= 15 is 0 Å². The van der Waals surface area contributed by atoms with Gasteiger partial charge in [0.05, 0.1) is 16.5 Å². The number of nitrogens with zero attached hydrogens (tertiary/aromatic N) is 2. The highest BCUT2D eigenvalue weighted by molar-refractivity contribution is 7.94. The summed E-state index contributed by atoms with van der Waals surface area (Å²) in [5.41, 5.74) is -4.72. The van der Waals surface area contributed by atoms with Gasteiger partial charge >= 0.3 is 5.51 Å². The molecular formula is C9H7F3N2OS. The molecule has 0 aromatic heterocycles. The third kappa shape index (κ3) is 2.02. The minimum absolute atomic E-state index is 0.198. The second kappa shape index (κ2) is 4.14. The fraction of sp³-hybridized carbons (Fsp3) is 0.222. The van der Waals surface area contributed by atoms with Crippen molar-refractivity contribution in [1.82, 2.24) is 0 Å². The van der Waals surface area contributed by atoms with Crippen molar-refractivity contribution in [1.29, 1.82) is 5.26 Å². The summed E-state index contributed by atoms with van der Waals surface area (Å²) < 4.78 is 52.2. The van der Waals surface area contributed by atoms with E-state index in [0.717, 1.165) is 19.2 Å². The predicted octanol–water partition coefficient (Wildman–Crippen LogP) is 2.53. The van der Waals surface area contributed by atoms with Crippen LogP contribution in [-0.4, -0.2) is 16.8 Å². The lowest BCUT2D eigenvalue weighted by Gasteiger charge is -2.12. The molecule has 1 rings (SSSR count). The van der Waals surface area contributed by atoms with E-state index in [-0.39, 0.29) is 5.56 Å². The quantitative estimate of drug-likeness (QED) is 0.766. The van der Waals surface area contributed by atoms with E-state index in [4.69, 9.17) is 5.26 Å². The smallest absolute Gasteiger partial charge is 0.236 e. The van der Waals surface area contributed by atoms with Crippen molar-refractivity contribution in [3.8, 4) is 6.07 Å². The molecule has 0 bridgehead atoms. The third-order valence-corrected chi connectivity index (χ3v) is 3.93. The second-order valence-corrected chi connectivity index (χ2v) is 5.14. The van der Waals surface area contributed by atoms with E-state index in [1.165, 1.54) is 12.1 Å². The molecule has 86 valence electrons. The van der Waals surface area contributed by atoms with Crippen molar-refractivity contribution in [2.24, 2.45) is 4.36 Å². The molecule has 1 atom stereocenters. The molecule has 0 saturated heterocycles. The van der Waals surface area contributed by atoms with Crippen molar-refractivity contribution in [2.45, 2.75) is 10.4 Å². The minimum atomic E-state index is -4.92. The van der Waals surface area contributed by atoms with Gasteiger partial charge in [-0.25, -0.2) is 8.57 Å². The first kappa shape index (κ1) is 12.5. The van der Waals surface area contributed by atoms with Gasteiger partial charge in [0.25, 0.3) is 0 Å². The Bertz CT molecular complexity index is 533. The largest absolute Gasteiger partial charge is 0.483 e. The van der Waals surface area contributed by atoms with Crippen molar-refractivity contribution in [2.75, 3.05) is 7.05 Å². The average Bonchev–Trinajstić information content (AvgIpc) is 2.26. The molecule has 0 fully saturated rings. The van der Waals surface area contributed by atoms with Crippen LogP contribution in [0.4, 0.5) is 13.2 Å². The maximum absolute atomic E-state index is 12.5. The van der Waals surface area contributed by atoms with E-state index in [0.29, 0.717) is 0 Å². The molecule has 1 aromatic carbocycles. The third-order valence-electron chi connectivity index (χ3n) is 1.87. The maximum Gasteiger partial charge on any atom is 0.483 e. The molecule has 0 unspecified atom stereocenters. The molecule has 0 heterocycles. The molecule has 16 heavy (non-hydrogen) atoms. The first-order chi connectivity index (χ1) is 7.35. The summed E-state index contributed by atoms with van der Waals surface area (Å²) in [6.07, 6.45) is 0. The molecule has 0 saturated carbocycles. The lowest BCUT2D eigenvalue weighted by molar-refractivity contribution is -0.0403. The summed E-state index contributed by atoms with van der Waals surface area (Å²) in [4.78, 5) is -0.443. The molecule has 0 radical (unpaired) electrons. The number of hydrogen-bond acceptors (Lipinski definition) is 3. The zero-order chi connectivity index (χ0) is 12.4. The first-order valence-electron chi connectivity index (χ1n) is 4.07. The Morgan fingerprint density at radius 3 is 2.12 bits per heavy atom. The van der Waals surface area contributed by atoms with Crippen LogP contribution in [0.3, 0.4) is 0 Å². The Balaban J connectivity index is 3.39. The highest BCUT2D eigenvalue weighted by Gasteiger charge is 2.44. The Labute approximate surface area is 90.7 Å². The summed E-state index contributed by atoms with van der Waals surface area (Å²) in [6.45, 7) is 0. The summed E-state index contributed by atoms with van der Waals surface area (Å²) in [6, 6.07) is 6.11. The molecule has 3 nitrogen and oxygen atoms in total. The van der Waals surface area contributed by atoms with Crippen LogP contribution in [0, 0.1) is 11.3 Å². The van der Waals surface area contributed by atoms with Crippen LogP contribution < -0.4 is 0 Å². The SMILES string of the molecule is CN=[S@](=O)(c1ccc(C#N)cc1)C(F)(F)F. The summed E-state index contributed by atoms with van der Waals surface area (Å²) in [5, 5.41) is 8.48. The molecule has 0 aliphatic rings. The normalized spacial score (nSPS) is 14.9. The van der Waals surface area contributed by atoms with Gasteiger partial charge in [0.2, 0.25) is 0 Å². The zero-order valence-electron chi connectivity index (χ0n) is 8.15. The highest BCUT2D eigenvalue weighted by atomic mass is 32.2. The van der Waals surface area contributed by atoms with Crippen molar-refractivity contribution >= 4 is 9.73 Å². The number of nitriles is 1. The molecule has 0 aliphatic heterocycles.